The van der Waals surface area contributed by atoms with E-state index in [-0.39, 0.29) is 11.8 Å². The molecule has 6 nitrogen and oxygen atoms in total. The van der Waals surface area contributed by atoms with E-state index in [1.807, 2.05) is 54.7 Å². The number of para-hydroxylation sites is 1. The van der Waals surface area contributed by atoms with Crippen molar-refractivity contribution in [2.24, 2.45) is 0 Å². The van der Waals surface area contributed by atoms with Crippen molar-refractivity contribution in [1.29, 1.82) is 0 Å². The lowest BCUT2D eigenvalue weighted by atomic mass is 10.0. The number of hydrogen-bond acceptors (Lipinski definition) is 3. The Morgan fingerprint density at radius 2 is 1.94 bits per heavy atom. The highest BCUT2D eigenvalue weighted by molar-refractivity contribution is 6.35. The maximum absolute atomic E-state index is 12.5. The Morgan fingerprint density at radius 3 is 2.81 bits per heavy atom. The lowest BCUT2D eigenvalue weighted by molar-refractivity contribution is -0.116. The van der Waals surface area contributed by atoms with Crippen molar-refractivity contribution in [3.63, 3.8) is 0 Å². The van der Waals surface area contributed by atoms with Crippen LogP contribution >= 0.6 is 0 Å². The van der Waals surface area contributed by atoms with E-state index < -0.39 is 0 Å². The molecule has 3 heterocycles. The zero-order chi connectivity index (χ0) is 21.2. The van der Waals surface area contributed by atoms with Gasteiger partial charge in [0.15, 0.2) is 0 Å². The third-order valence-corrected chi connectivity index (χ3v) is 6.11. The average Bonchev–Trinajstić information content (AvgIpc) is 3.33. The molecule has 0 saturated carbocycles. The maximum atomic E-state index is 12.5. The van der Waals surface area contributed by atoms with E-state index in [0.29, 0.717) is 12.0 Å². The van der Waals surface area contributed by atoms with E-state index in [1.165, 1.54) is 19.3 Å². The number of fused-ring (bicyclic) bond motifs is 2. The van der Waals surface area contributed by atoms with Gasteiger partial charge in [-0.05, 0) is 56.3 Å². The molecule has 5 rings (SSSR count). The van der Waals surface area contributed by atoms with Gasteiger partial charge in [-0.15, -0.1) is 0 Å². The predicted octanol–water partition coefficient (Wildman–Crippen LogP) is 4.48. The first kappa shape index (κ1) is 19.6. The van der Waals surface area contributed by atoms with Gasteiger partial charge in [-0.25, -0.2) is 0 Å². The van der Waals surface area contributed by atoms with Crippen LogP contribution in [0.3, 0.4) is 0 Å². The van der Waals surface area contributed by atoms with E-state index in [0.717, 1.165) is 53.0 Å². The highest BCUT2D eigenvalue weighted by Crippen LogP contribution is 2.34. The van der Waals surface area contributed by atoms with Crippen LogP contribution in [0.25, 0.3) is 22.6 Å². The van der Waals surface area contributed by atoms with Gasteiger partial charge in [0.1, 0.15) is 0 Å². The van der Waals surface area contributed by atoms with Crippen molar-refractivity contribution in [2.45, 2.75) is 25.7 Å². The molecule has 0 radical (unpaired) electrons. The predicted molar refractivity (Wildman–Crippen MR) is 125 cm³/mol. The maximum Gasteiger partial charge on any atom is 0.256 e. The van der Waals surface area contributed by atoms with Crippen LogP contribution in [0.4, 0.5) is 11.4 Å². The largest absolute Gasteiger partial charge is 0.361 e. The highest BCUT2D eigenvalue weighted by Gasteiger charge is 2.23. The van der Waals surface area contributed by atoms with Crippen molar-refractivity contribution >= 4 is 45.7 Å². The molecule has 158 valence electrons. The molecule has 3 aromatic rings. The topological polar surface area (TPSA) is 77.2 Å². The van der Waals surface area contributed by atoms with E-state index >= 15 is 0 Å². The van der Waals surface area contributed by atoms with Crippen LogP contribution in [0.5, 0.6) is 0 Å². The number of aromatic amines is 1. The summed E-state index contributed by atoms with van der Waals surface area (Å²) in [6.45, 7) is 3.00. The molecule has 3 N–H and O–H groups in total. The Kier molecular flexibility index (Phi) is 5.30. The number of carbonyl (C=O) groups excluding carboxylic acids is 2. The number of rotatable bonds is 5. The summed E-state index contributed by atoms with van der Waals surface area (Å²) in [5.74, 6) is -0.0674. The number of nitrogens with zero attached hydrogens (tertiary/aromatic N) is 1. The summed E-state index contributed by atoms with van der Waals surface area (Å²) >= 11 is 0. The first-order valence-electron chi connectivity index (χ1n) is 10.9. The quantitative estimate of drug-likeness (QED) is 0.539. The summed E-state index contributed by atoms with van der Waals surface area (Å²) in [6, 6.07) is 13.5. The monoisotopic (exact) mass is 414 g/mol. The fraction of sp³-hybridized carbons (Fsp3) is 0.280. The van der Waals surface area contributed by atoms with Gasteiger partial charge in [0, 0.05) is 58.1 Å². The number of carbonyl (C=O) groups is 2. The van der Waals surface area contributed by atoms with Gasteiger partial charge in [-0.3, -0.25) is 9.59 Å². The average molecular weight is 415 g/mol. The molecule has 6 heteroatoms. The molecule has 0 aliphatic carbocycles. The van der Waals surface area contributed by atoms with Gasteiger partial charge < -0.3 is 20.5 Å². The molecule has 31 heavy (non-hydrogen) atoms. The third kappa shape index (κ3) is 4.11. The van der Waals surface area contributed by atoms with Crippen molar-refractivity contribution in [3.8, 4) is 0 Å². The van der Waals surface area contributed by atoms with Crippen LogP contribution < -0.4 is 10.6 Å². The summed E-state index contributed by atoms with van der Waals surface area (Å²) in [7, 11) is 0. The van der Waals surface area contributed by atoms with Gasteiger partial charge >= 0.3 is 0 Å². The number of benzene rings is 2. The Balaban J connectivity index is 1.34. The molecular formula is C25H26N4O2. The molecule has 2 aliphatic rings. The molecule has 0 unspecified atom stereocenters. The summed E-state index contributed by atoms with van der Waals surface area (Å²) in [5, 5.41) is 6.91. The molecule has 2 amide bonds. The van der Waals surface area contributed by atoms with Gasteiger partial charge in [0.2, 0.25) is 5.91 Å². The van der Waals surface area contributed by atoms with Crippen LogP contribution in [0, 0.1) is 0 Å². The van der Waals surface area contributed by atoms with Gasteiger partial charge in [-0.1, -0.05) is 24.6 Å². The van der Waals surface area contributed by atoms with Crippen LogP contribution in [0.2, 0.25) is 0 Å². The van der Waals surface area contributed by atoms with Crippen molar-refractivity contribution in [1.82, 2.24) is 9.88 Å². The van der Waals surface area contributed by atoms with Gasteiger partial charge in [-0.2, -0.15) is 0 Å². The van der Waals surface area contributed by atoms with Crippen LogP contribution in [0.1, 0.15) is 36.8 Å². The van der Waals surface area contributed by atoms with E-state index in [1.54, 1.807) is 0 Å². The van der Waals surface area contributed by atoms with Crippen molar-refractivity contribution < 1.29 is 9.59 Å². The number of likely N-dealkylation sites (tertiary alicyclic amines) is 1. The second-order valence-electron chi connectivity index (χ2n) is 8.26. The molecule has 2 aliphatic heterocycles. The van der Waals surface area contributed by atoms with Crippen molar-refractivity contribution in [2.75, 3.05) is 30.3 Å². The number of anilines is 2. The van der Waals surface area contributed by atoms with E-state index in [2.05, 4.69) is 20.5 Å². The summed E-state index contributed by atoms with van der Waals surface area (Å²) < 4.78 is 0. The first-order chi connectivity index (χ1) is 15.2. The molecule has 0 atom stereocenters. The Morgan fingerprint density at radius 1 is 1.10 bits per heavy atom. The molecule has 1 aromatic heterocycles. The highest BCUT2D eigenvalue weighted by atomic mass is 16.2. The van der Waals surface area contributed by atoms with Crippen molar-refractivity contribution in [3.05, 3.63) is 59.8 Å². The fourth-order valence-corrected chi connectivity index (χ4v) is 4.44. The summed E-state index contributed by atoms with van der Waals surface area (Å²) in [5.41, 5.74) is 5.04. The minimum atomic E-state index is -0.0993. The third-order valence-electron chi connectivity index (χ3n) is 6.11. The summed E-state index contributed by atoms with van der Waals surface area (Å²) in [4.78, 5) is 30.5. The van der Waals surface area contributed by atoms with E-state index in [9.17, 15) is 9.59 Å². The number of H-pyrrole nitrogens is 1. The molecular weight excluding hydrogens is 388 g/mol. The second-order valence-corrected chi connectivity index (χ2v) is 8.26. The fourth-order valence-electron chi connectivity index (χ4n) is 4.44. The van der Waals surface area contributed by atoms with Crippen LogP contribution in [0.15, 0.2) is 48.7 Å². The minimum Gasteiger partial charge on any atom is -0.361 e. The lowest BCUT2D eigenvalue weighted by Crippen LogP contribution is -2.32. The molecule has 2 aromatic carbocycles. The number of hydrogen-bond donors (Lipinski definition) is 3. The smallest absolute Gasteiger partial charge is 0.256 e. The number of aromatic nitrogens is 1. The SMILES string of the molecule is O=C(CCN1CCCCC1)Nc1ccc2[nH]cc(C=C3C(=O)Nc4ccccc43)c2c1. The number of nitrogens with one attached hydrogen (secondary N) is 3. The Labute approximate surface area is 181 Å². The second kappa shape index (κ2) is 8.40. The lowest BCUT2D eigenvalue weighted by Gasteiger charge is -2.25. The van der Waals surface area contributed by atoms with Gasteiger partial charge in [0.05, 0.1) is 0 Å². The molecule has 1 fully saturated rings. The molecule has 0 bridgehead atoms. The normalized spacial score (nSPS) is 17.7. The zero-order valence-electron chi connectivity index (χ0n) is 17.4. The minimum absolute atomic E-state index is 0.0319. The summed E-state index contributed by atoms with van der Waals surface area (Å²) in [6.07, 6.45) is 8.05. The molecule has 1 saturated heterocycles. The van der Waals surface area contributed by atoms with Gasteiger partial charge in [0.25, 0.3) is 5.91 Å². The zero-order valence-corrected chi connectivity index (χ0v) is 17.4. The standard InChI is InChI=1S/C25H26N4O2/c30-24(10-13-29-11-4-1-5-12-29)27-18-8-9-22-20(15-18)17(16-26-22)14-21-19-6-2-3-7-23(19)28-25(21)31/h2-3,6-9,14-16,26H,1,4-5,10-13H2,(H,27,30)(H,28,31). The Bertz CT molecular complexity index is 1170. The van der Waals surface area contributed by atoms with Crippen LogP contribution in [-0.4, -0.2) is 41.3 Å². The first-order valence-corrected chi connectivity index (χ1v) is 10.9. The number of piperidine rings is 1. The van der Waals surface area contributed by atoms with E-state index in [4.69, 9.17) is 0 Å². The molecule has 0 spiro atoms. The van der Waals surface area contributed by atoms with Crippen LogP contribution in [-0.2, 0) is 9.59 Å². The number of amides is 2. The Hall–Kier alpha value is -3.38.